The summed E-state index contributed by atoms with van der Waals surface area (Å²) >= 11 is 5.84. The Labute approximate surface area is 94.2 Å². The highest BCUT2D eigenvalue weighted by Crippen LogP contribution is 2.14. The van der Waals surface area contributed by atoms with Gasteiger partial charge in [0.15, 0.2) is 0 Å². The summed E-state index contributed by atoms with van der Waals surface area (Å²) in [5, 5.41) is 0. The van der Waals surface area contributed by atoms with Gasteiger partial charge in [-0.05, 0) is 12.5 Å². The van der Waals surface area contributed by atoms with Crippen LogP contribution >= 0.6 is 11.6 Å². The maximum absolute atomic E-state index is 10.9. The number of primary amides is 1. The van der Waals surface area contributed by atoms with Crippen molar-refractivity contribution < 1.29 is 9.53 Å². The van der Waals surface area contributed by atoms with Crippen molar-refractivity contribution in [3.63, 3.8) is 0 Å². The molecular formula is C11H14ClNO2. The molecule has 1 atom stereocenters. The first kappa shape index (κ1) is 12.0. The van der Waals surface area contributed by atoms with E-state index >= 15 is 0 Å². The van der Waals surface area contributed by atoms with Gasteiger partial charge in [-0.15, -0.1) is 11.6 Å². The summed E-state index contributed by atoms with van der Waals surface area (Å²) in [6, 6.07) is 9.66. The Morgan fingerprint density at radius 2 is 2.07 bits per heavy atom. The third kappa shape index (κ3) is 3.90. The Bertz CT molecular complexity index is 325. The van der Waals surface area contributed by atoms with Gasteiger partial charge in [0.2, 0.25) is 5.91 Å². The van der Waals surface area contributed by atoms with Crippen LogP contribution in [0.4, 0.5) is 0 Å². The van der Waals surface area contributed by atoms with Crippen LogP contribution in [0.1, 0.15) is 12.5 Å². The lowest BCUT2D eigenvalue weighted by molar-refractivity contribution is -0.121. The molecule has 0 aliphatic carbocycles. The highest BCUT2D eigenvalue weighted by molar-refractivity contribution is 6.34. The Balaban J connectivity index is 2.37. The molecule has 0 heterocycles. The molecule has 15 heavy (non-hydrogen) atoms. The molecule has 0 aromatic heterocycles. The molecule has 0 saturated carbocycles. The highest BCUT2D eigenvalue weighted by Gasteiger charge is 2.28. The number of ether oxygens (including phenoxy) is 1. The molecule has 1 aromatic carbocycles. The first-order valence-corrected chi connectivity index (χ1v) is 5.00. The highest BCUT2D eigenvalue weighted by atomic mass is 35.5. The lowest BCUT2D eigenvalue weighted by Crippen LogP contribution is -2.39. The van der Waals surface area contributed by atoms with Gasteiger partial charge < -0.3 is 10.5 Å². The first-order chi connectivity index (χ1) is 7.02. The molecule has 3 nitrogen and oxygen atoms in total. The van der Waals surface area contributed by atoms with Crippen molar-refractivity contribution in [2.24, 2.45) is 5.73 Å². The summed E-state index contributed by atoms with van der Waals surface area (Å²) in [6.45, 7) is 2.08. The number of rotatable bonds is 5. The molecule has 0 bridgehead atoms. The first-order valence-electron chi connectivity index (χ1n) is 4.63. The van der Waals surface area contributed by atoms with E-state index in [-0.39, 0.29) is 6.61 Å². The number of hydrogen-bond donors (Lipinski definition) is 1. The van der Waals surface area contributed by atoms with Gasteiger partial charge in [0.25, 0.3) is 0 Å². The summed E-state index contributed by atoms with van der Waals surface area (Å²) in [4.78, 5) is 9.74. The van der Waals surface area contributed by atoms with Crippen molar-refractivity contribution in [2.45, 2.75) is 18.4 Å². The fourth-order valence-electron chi connectivity index (χ4n) is 1.01. The Hall–Kier alpha value is -1.06. The molecule has 0 spiro atoms. The Morgan fingerprint density at radius 1 is 1.47 bits per heavy atom. The monoisotopic (exact) mass is 227 g/mol. The van der Waals surface area contributed by atoms with E-state index in [1.54, 1.807) is 6.92 Å². The molecular weight excluding hydrogens is 214 g/mol. The second-order valence-electron chi connectivity index (χ2n) is 3.54. The van der Waals surface area contributed by atoms with Gasteiger partial charge in [-0.3, -0.25) is 4.79 Å². The molecule has 4 heteroatoms. The topological polar surface area (TPSA) is 52.3 Å². The van der Waals surface area contributed by atoms with E-state index in [0.29, 0.717) is 6.61 Å². The molecule has 1 rings (SSSR count). The standard InChI is InChI=1S/C11H14ClNO2/c1-11(12,10(13)14)8-15-7-9-5-3-2-4-6-9/h2-6H,7-8H2,1H3,(H2,13,14). The lowest BCUT2D eigenvalue weighted by atomic mass is 10.2. The number of amides is 1. The summed E-state index contributed by atoms with van der Waals surface area (Å²) in [6.07, 6.45) is 0. The van der Waals surface area contributed by atoms with Crippen LogP contribution in [-0.2, 0) is 16.1 Å². The van der Waals surface area contributed by atoms with Crippen molar-refractivity contribution >= 4 is 17.5 Å². The van der Waals surface area contributed by atoms with Crippen LogP contribution in [0.3, 0.4) is 0 Å². The molecule has 2 N–H and O–H groups in total. The third-order valence-corrected chi connectivity index (χ3v) is 2.29. The van der Waals surface area contributed by atoms with Crippen LogP contribution in [0.5, 0.6) is 0 Å². The number of halogens is 1. The maximum Gasteiger partial charge on any atom is 0.240 e. The second kappa shape index (κ2) is 5.14. The number of carbonyl (C=O) groups is 1. The molecule has 82 valence electrons. The SMILES string of the molecule is CC(Cl)(COCc1ccccc1)C(N)=O. The second-order valence-corrected chi connectivity index (χ2v) is 4.37. The van der Waals surface area contributed by atoms with Crippen molar-refractivity contribution in [1.82, 2.24) is 0 Å². The quantitative estimate of drug-likeness (QED) is 0.779. The smallest absolute Gasteiger partial charge is 0.240 e. The fourth-order valence-corrected chi connectivity index (χ4v) is 1.08. The van der Waals surface area contributed by atoms with E-state index < -0.39 is 10.8 Å². The van der Waals surface area contributed by atoms with Crippen LogP contribution in [0.15, 0.2) is 30.3 Å². The third-order valence-electron chi connectivity index (χ3n) is 2.00. The summed E-state index contributed by atoms with van der Waals surface area (Å²) < 4.78 is 5.31. The van der Waals surface area contributed by atoms with Crippen LogP contribution in [0.2, 0.25) is 0 Å². The van der Waals surface area contributed by atoms with Gasteiger partial charge in [-0.2, -0.15) is 0 Å². The summed E-state index contributed by atoms with van der Waals surface area (Å²) in [7, 11) is 0. The Morgan fingerprint density at radius 3 is 2.60 bits per heavy atom. The molecule has 0 saturated heterocycles. The van der Waals surface area contributed by atoms with E-state index in [0.717, 1.165) is 5.56 Å². The molecule has 1 unspecified atom stereocenters. The van der Waals surface area contributed by atoms with Crippen molar-refractivity contribution in [2.75, 3.05) is 6.61 Å². The van der Waals surface area contributed by atoms with Crippen LogP contribution in [0.25, 0.3) is 0 Å². The molecule has 1 amide bonds. The van der Waals surface area contributed by atoms with E-state index in [4.69, 9.17) is 22.1 Å². The molecule has 0 aliphatic heterocycles. The van der Waals surface area contributed by atoms with E-state index in [1.165, 1.54) is 0 Å². The number of hydrogen-bond acceptors (Lipinski definition) is 2. The minimum atomic E-state index is -1.13. The zero-order valence-corrected chi connectivity index (χ0v) is 9.33. The van der Waals surface area contributed by atoms with Crippen LogP contribution in [-0.4, -0.2) is 17.4 Å². The molecule has 0 radical (unpaired) electrons. The Kier molecular flexibility index (Phi) is 4.12. The van der Waals surface area contributed by atoms with E-state index in [2.05, 4.69) is 0 Å². The zero-order valence-electron chi connectivity index (χ0n) is 8.57. The predicted octanol–water partition coefficient (Wildman–Crippen LogP) is 1.69. The number of nitrogens with two attached hydrogens (primary N) is 1. The average molecular weight is 228 g/mol. The van der Waals surface area contributed by atoms with E-state index in [1.807, 2.05) is 30.3 Å². The van der Waals surface area contributed by atoms with Crippen molar-refractivity contribution in [1.29, 1.82) is 0 Å². The van der Waals surface area contributed by atoms with Crippen molar-refractivity contribution in [3.8, 4) is 0 Å². The summed E-state index contributed by atoms with van der Waals surface area (Å²) in [5.41, 5.74) is 6.14. The molecule has 0 fully saturated rings. The van der Waals surface area contributed by atoms with Gasteiger partial charge in [-0.1, -0.05) is 30.3 Å². The van der Waals surface area contributed by atoms with Gasteiger partial charge in [-0.25, -0.2) is 0 Å². The lowest BCUT2D eigenvalue weighted by Gasteiger charge is -2.17. The minimum absolute atomic E-state index is 0.110. The van der Waals surface area contributed by atoms with Gasteiger partial charge in [0.1, 0.15) is 4.87 Å². The van der Waals surface area contributed by atoms with Crippen LogP contribution < -0.4 is 5.73 Å². The predicted molar refractivity (Wildman–Crippen MR) is 59.6 cm³/mol. The minimum Gasteiger partial charge on any atom is -0.374 e. The zero-order chi connectivity index (χ0) is 11.3. The fraction of sp³-hybridized carbons (Fsp3) is 0.364. The van der Waals surface area contributed by atoms with E-state index in [9.17, 15) is 4.79 Å². The van der Waals surface area contributed by atoms with Crippen molar-refractivity contribution in [3.05, 3.63) is 35.9 Å². The average Bonchev–Trinajstić information content (AvgIpc) is 2.19. The van der Waals surface area contributed by atoms with Gasteiger partial charge >= 0.3 is 0 Å². The van der Waals surface area contributed by atoms with Gasteiger partial charge in [0.05, 0.1) is 13.2 Å². The number of alkyl halides is 1. The number of benzene rings is 1. The largest absolute Gasteiger partial charge is 0.374 e. The van der Waals surface area contributed by atoms with Crippen LogP contribution in [0, 0.1) is 0 Å². The summed E-state index contributed by atoms with van der Waals surface area (Å²) in [5.74, 6) is -0.572. The van der Waals surface area contributed by atoms with Gasteiger partial charge in [0, 0.05) is 0 Å². The number of carbonyl (C=O) groups excluding carboxylic acids is 1. The molecule has 0 aliphatic rings. The molecule has 1 aromatic rings. The maximum atomic E-state index is 10.9. The normalized spacial score (nSPS) is 14.5.